The van der Waals surface area contributed by atoms with E-state index in [2.05, 4.69) is 32.5 Å². The van der Waals surface area contributed by atoms with E-state index in [4.69, 9.17) is 0 Å². The fourth-order valence-electron chi connectivity index (χ4n) is 3.22. The van der Waals surface area contributed by atoms with Gasteiger partial charge in [0.1, 0.15) is 0 Å². The summed E-state index contributed by atoms with van der Waals surface area (Å²) in [5.74, 6) is 1.32. The van der Waals surface area contributed by atoms with Gasteiger partial charge in [0.2, 0.25) is 0 Å². The van der Waals surface area contributed by atoms with Crippen LogP contribution in [0, 0.1) is 5.92 Å². The van der Waals surface area contributed by atoms with E-state index in [9.17, 15) is 13.2 Å². The Morgan fingerprint density at radius 2 is 1.82 bits per heavy atom. The van der Waals surface area contributed by atoms with Gasteiger partial charge in [-0.05, 0) is 49.6 Å². The summed E-state index contributed by atoms with van der Waals surface area (Å²) >= 11 is 0. The highest BCUT2D eigenvalue weighted by molar-refractivity contribution is 14.0. The maximum atomic E-state index is 13.2. The Morgan fingerprint density at radius 1 is 1.14 bits per heavy atom. The second-order valence-electron chi connectivity index (χ2n) is 7.38. The molecular weight excluding hydrogens is 482 g/mol. The first-order chi connectivity index (χ1) is 12.9. The molecule has 2 fully saturated rings. The van der Waals surface area contributed by atoms with Crippen LogP contribution in [-0.4, -0.2) is 57.7 Å². The van der Waals surface area contributed by atoms with Crippen molar-refractivity contribution in [2.24, 2.45) is 10.9 Å². The third-order valence-electron chi connectivity index (χ3n) is 5.18. The maximum absolute atomic E-state index is 13.2. The van der Waals surface area contributed by atoms with Gasteiger partial charge >= 0.3 is 6.18 Å². The summed E-state index contributed by atoms with van der Waals surface area (Å²) in [7, 11) is 3.73. The Labute approximate surface area is 181 Å². The summed E-state index contributed by atoms with van der Waals surface area (Å²) < 4.78 is 39.6. The molecule has 0 bridgehead atoms. The van der Waals surface area contributed by atoms with Crippen LogP contribution in [0.5, 0.6) is 0 Å². The van der Waals surface area contributed by atoms with Crippen LogP contribution in [0.1, 0.15) is 24.0 Å². The van der Waals surface area contributed by atoms with Crippen LogP contribution >= 0.6 is 24.0 Å². The molecule has 2 N–H and O–H groups in total. The zero-order valence-corrected chi connectivity index (χ0v) is 18.7. The Balaban J connectivity index is 0.00000280. The van der Waals surface area contributed by atoms with E-state index in [0.29, 0.717) is 24.0 Å². The molecule has 0 radical (unpaired) electrons. The van der Waals surface area contributed by atoms with Crippen molar-refractivity contribution in [2.45, 2.75) is 25.6 Å². The summed E-state index contributed by atoms with van der Waals surface area (Å²) in [5.41, 5.74) is 0.892. The third-order valence-corrected chi connectivity index (χ3v) is 5.18. The van der Waals surface area contributed by atoms with E-state index in [1.54, 1.807) is 13.1 Å². The van der Waals surface area contributed by atoms with E-state index >= 15 is 0 Å². The summed E-state index contributed by atoms with van der Waals surface area (Å²) in [4.78, 5) is 8.57. The topological polar surface area (TPSA) is 42.9 Å². The van der Waals surface area contributed by atoms with Gasteiger partial charge in [0.25, 0.3) is 0 Å². The lowest BCUT2D eigenvalue weighted by atomic mass is 10.1. The lowest BCUT2D eigenvalue weighted by molar-refractivity contribution is -0.137. The van der Waals surface area contributed by atoms with Crippen molar-refractivity contribution in [3.05, 3.63) is 29.3 Å². The molecule has 1 saturated heterocycles. The Bertz CT molecular complexity index is 668. The largest absolute Gasteiger partial charge is 0.416 e. The van der Waals surface area contributed by atoms with Crippen LogP contribution in [0.15, 0.2) is 23.2 Å². The van der Waals surface area contributed by atoms with E-state index in [-0.39, 0.29) is 24.0 Å². The Kier molecular flexibility index (Phi) is 8.23. The molecule has 9 heteroatoms. The molecule has 1 aliphatic carbocycles. The van der Waals surface area contributed by atoms with Crippen LogP contribution in [0.3, 0.4) is 0 Å². The second kappa shape index (κ2) is 10.00. The fraction of sp³-hybridized carbons (Fsp3) is 0.632. The minimum absolute atomic E-state index is 0. The molecule has 0 unspecified atom stereocenters. The number of benzene rings is 1. The third kappa shape index (κ3) is 6.40. The van der Waals surface area contributed by atoms with Crippen molar-refractivity contribution >= 4 is 35.6 Å². The molecule has 2 aliphatic rings. The van der Waals surface area contributed by atoms with Gasteiger partial charge in [-0.25, -0.2) is 0 Å². The number of guanidine groups is 1. The normalized spacial score (nSPS) is 18.6. The molecule has 0 spiro atoms. The van der Waals surface area contributed by atoms with Crippen molar-refractivity contribution in [3.63, 3.8) is 0 Å². The van der Waals surface area contributed by atoms with E-state index < -0.39 is 11.7 Å². The standard InChI is InChI=1S/C19H28F3N5.HI/c1-23-18(24-12-14-3-4-14)25-13-15-11-16(19(20,21)22)5-6-17(15)27-9-7-26(2)8-10-27;/h5-6,11,14H,3-4,7-10,12-13H2,1-2H3,(H2,23,24,25);1H. The van der Waals surface area contributed by atoms with Gasteiger partial charge in [-0.2, -0.15) is 13.2 Å². The van der Waals surface area contributed by atoms with Gasteiger partial charge in [-0.3, -0.25) is 4.99 Å². The molecule has 158 valence electrons. The van der Waals surface area contributed by atoms with Gasteiger partial charge in [0.05, 0.1) is 5.56 Å². The average Bonchev–Trinajstić information content (AvgIpc) is 3.46. The minimum Gasteiger partial charge on any atom is -0.369 e. The SMILES string of the molecule is CN=C(NCc1cc(C(F)(F)F)ccc1N1CCN(C)CC1)NCC1CC1.I. The number of nitrogens with zero attached hydrogens (tertiary/aromatic N) is 3. The number of piperazine rings is 1. The van der Waals surface area contributed by atoms with E-state index in [1.807, 2.05) is 0 Å². The molecule has 3 rings (SSSR count). The minimum atomic E-state index is -4.35. The van der Waals surface area contributed by atoms with Gasteiger partial charge in [0, 0.05) is 52.0 Å². The molecular formula is C19H29F3IN5. The zero-order valence-electron chi connectivity index (χ0n) is 16.4. The first-order valence-corrected chi connectivity index (χ1v) is 9.45. The number of aliphatic imine (C=N–C) groups is 1. The van der Waals surface area contributed by atoms with Crippen LogP contribution in [0.25, 0.3) is 0 Å². The number of alkyl halides is 3. The first-order valence-electron chi connectivity index (χ1n) is 9.45. The number of hydrogen-bond donors (Lipinski definition) is 2. The molecule has 5 nitrogen and oxygen atoms in total. The predicted molar refractivity (Wildman–Crippen MR) is 117 cm³/mol. The van der Waals surface area contributed by atoms with E-state index in [0.717, 1.165) is 38.4 Å². The number of rotatable bonds is 5. The molecule has 0 atom stereocenters. The number of hydrogen-bond acceptors (Lipinski definition) is 3. The number of nitrogens with one attached hydrogen (secondary N) is 2. The second-order valence-corrected chi connectivity index (χ2v) is 7.38. The molecule has 1 heterocycles. The van der Waals surface area contributed by atoms with Crippen molar-refractivity contribution in [1.29, 1.82) is 0 Å². The highest BCUT2D eigenvalue weighted by Crippen LogP contribution is 2.33. The fourth-order valence-corrected chi connectivity index (χ4v) is 3.22. The van der Waals surface area contributed by atoms with Crippen molar-refractivity contribution in [2.75, 3.05) is 51.7 Å². The van der Waals surface area contributed by atoms with Gasteiger partial charge in [-0.1, -0.05) is 0 Å². The van der Waals surface area contributed by atoms with Gasteiger partial charge in [-0.15, -0.1) is 24.0 Å². The van der Waals surface area contributed by atoms with Crippen molar-refractivity contribution in [3.8, 4) is 0 Å². The van der Waals surface area contributed by atoms with E-state index in [1.165, 1.54) is 25.0 Å². The Hall–Kier alpha value is -1.23. The van der Waals surface area contributed by atoms with Crippen LogP contribution in [0.4, 0.5) is 18.9 Å². The zero-order chi connectivity index (χ0) is 19.4. The van der Waals surface area contributed by atoms with Crippen molar-refractivity contribution < 1.29 is 13.2 Å². The monoisotopic (exact) mass is 511 g/mol. The summed E-state index contributed by atoms with van der Waals surface area (Å²) in [6.07, 6.45) is -1.89. The lowest BCUT2D eigenvalue weighted by Gasteiger charge is -2.35. The highest BCUT2D eigenvalue weighted by Gasteiger charge is 2.31. The number of halogens is 4. The number of anilines is 1. The molecule has 0 aromatic heterocycles. The summed E-state index contributed by atoms with van der Waals surface area (Å²) in [6, 6.07) is 4.04. The van der Waals surface area contributed by atoms with Crippen molar-refractivity contribution in [1.82, 2.24) is 15.5 Å². The first kappa shape index (κ1) is 23.1. The Morgan fingerprint density at radius 3 is 2.39 bits per heavy atom. The molecule has 1 aliphatic heterocycles. The highest BCUT2D eigenvalue weighted by atomic mass is 127. The average molecular weight is 511 g/mol. The molecule has 1 aromatic carbocycles. The lowest BCUT2D eigenvalue weighted by Crippen LogP contribution is -2.45. The summed E-state index contributed by atoms with van der Waals surface area (Å²) in [6.45, 7) is 4.58. The molecule has 1 saturated carbocycles. The smallest absolute Gasteiger partial charge is 0.369 e. The van der Waals surface area contributed by atoms with Crippen LogP contribution in [-0.2, 0) is 12.7 Å². The van der Waals surface area contributed by atoms with Gasteiger partial charge in [0.15, 0.2) is 5.96 Å². The predicted octanol–water partition coefficient (Wildman–Crippen LogP) is 3.15. The summed E-state index contributed by atoms with van der Waals surface area (Å²) in [5, 5.41) is 6.42. The van der Waals surface area contributed by atoms with Crippen LogP contribution in [0.2, 0.25) is 0 Å². The number of likely N-dealkylation sites (N-methyl/N-ethyl adjacent to an activating group) is 1. The van der Waals surface area contributed by atoms with Gasteiger partial charge < -0.3 is 20.4 Å². The molecule has 1 aromatic rings. The van der Waals surface area contributed by atoms with Crippen LogP contribution < -0.4 is 15.5 Å². The quantitative estimate of drug-likeness (QED) is 0.362. The maximum Gasteiger partial charge on any atom is 0.416 e. The molecule has 28 heavy (non-hydrogen) atoms. The molecule has 0 amide bonds.